The second-order valence-corrected chi connectivity index (χ2v) is 6.23. The van der Waals surface area contributed by atoms with Crippen molar-refractivity contribution in [1.29, 1.82) is 0 Å². The lowest BCUT2D eigenvalue weighted by molar-refractivity contribution is 0.340. The van der Waals surface area contributed by atoms with E-state index < -0.39 is 0 Å². The third-order valence-corrected chi connectivity index (χ3v) is 4.59. The number of hydrogen-bond donors (Lipinski definition) is 1. The molecule has 2 unspecified atom stereocenters. The zero-order valence-corrected chi connectivity index (χ0v) is 14.0. The van der Waals surface area contributed by atoms with Gasteiger partial charge in [0.25, 0.3) is 0 Å². The van der Waals surface area contributed by atoms with Crippen LogP contribution in [0.2, 0.25) is 0 Å². The molecule has 1 heterocycles. The molecule has 0 aliphatic carbocycles. The van der Waals surface area contributed by atoms with Crippen LogP contribution >= 0.6 is 11.3 Å². The fourth-order valence-corrected chi connectivity index (χ4v) is 3.32. The number of ether oxygens (including phenoxy) is 1. The summed E-state index contributed by atoms with van der Waals surface area (Å²) in [6, 6.07) is 13.5. The Labute approximate surface area is 132 Å². The van der Waals surface area contributed by atoms with Gasteiger partial charge in [-0.3, -0.25) is 0 Å². The average Bonchev–Trinajstić information content (AvgIpc) is 3.02. The van der Waals surface area contributed by atoms with Gasteiger partial charge in [-0.1, -0.05) is 31.5 Å². The van der Waals surface area contributed by atoms with Crippen LogP contribution in [0.3, 0.4) is 0 Å². The molecule has 0 aliphatic heterocycles. The zero-order valence-electron chi connectivity index (χ0n) is 13.1. The minimum atomic E-state index is 0.333. The Morgan fingerprint density at radius 2 is 1.90 bits per heavy atom. The van der Waals surface area contributed by atoms with Crippen LogP contribution in [0.4, 0.5) is 0 Å². The Bertz CT molecular complexity index is 507. The largest absolute Gasteiger partial charge is 0.494 e. The monoisotopic (exact) mass is 303 g/mol. The third kappa shape index (κ3) is 4.58. The van der Waals surface area contributed by atoms with E-state index in [1.54, 1.807) is 0 Å². The lowest BCUT2D eigenvalue weighted by Crippen LogP contribution is -2.24. The van der Waals surface area contributed by atoms with Crippen molar-refractivity contribution >= 4 is 11.3 Å². The van der Waals surface area contributed by atoms with E-state index in [-0.39, 0.29) is 0 Å². The van der Waals surface area contributed by atoms with Crippen LogP contribution in [0.5, 0.6) is 5.75 Å². The van der Waals surface area contributed by atoms with Gasteiger partial charge in [-0.2, -0.15) is 0 Å². The molecular weight excluding hydrogens is 278 g/mol. The van der Waals surface area contributed by atoms with Crippen LogP contribution in [0.1, 0.15) is 56.1 Å². The number of rotatable bonds is 8. The summed E-state index contributed by atoms with van der Waals surface area (Å²) in [5, 5.41) is 5.91. The van der Waals surface area contributed by atoms with Crippen LogP contribution in [-0.4, -0.2) is 6.61 Å². The Kier molecular flexibility index (Phi) is 6.27. The van der Waals surface area contributed by atoms with Crippen molar-refractivity contribution in [3.63, 3.8) is 0 Å². The maximum atomic E-state index is 5.50. The Hall–Kier alpha value is -1.32. The molecule has 0 fully saturated rings. The van der Waals surface area contributed by atoms with Crippen molar-refractivity contribution in [1.82, 2.24) is 5.32 Å². The van der Waals surface area contributed by atoms with Crippen LogP contribution in [0.25, 0.3) is 0 Å². The molecule has 2 atom stereocenters. The SMILES string of the molecule is CCCC(NC(C)c1ccc(OCC)cc1)c1cccs1. The molecule has 0 radical (unpaired) electrons. The quantitative estimate of drug-likeness (QED) is 0.711. The first kappa shape index (κ1) is 16.1. The first-order valence-electron chi connectivity index (χ1n) is 7.76. The van der Waals surface area contributed by atoms with Gasteiger partial charge in [0.1, 0.15) is 5.75 Å². The first-order valence-corrected chi connectivity index (χ1v) is 8.64. The van der Waals surface area contributed by atoms with Crippen LogP contribution < -0.4 is 10.1 Å². The van der Waals surface area contributed by atoms with Crippen LogP contribution in [-0.2, 0) is 0 Å². The highest BCUT2D eigenvalue weighted by Gasteiger charge is 2.15. The molecule has 0 bridgehead atoms. The molecule has 114 valence electrons. The predicted molar refractivity (Wildman–Crippen MR) is 91.1 cm³/mol. The molecule has 21 heavy (non-hydrogen) atoms. The molecule has 1 aromatic heterocycles. The van der Waals surface area contributed by atoms with E-state index in [9.17, 15) is 0 Å². The van der Waals surface area contributed by atoms with Gasteiger partial charge in [-0.25, -0.2) is 0 Å². The summed E-state index contributed by atoms with van der Waals surface area (Å²) in [4.78, 5) is 1.43. The molecule has 2 nitrogen and oxygen atoms in total. The summed E-state index contributed by atoms with van der Waals surface area (Å²) in [7, 11) is 0. The normalized spacial score (nSPS) is 13.9. The van der Waals surface area contributed by atoms with Gasteiger partial charge in [0.15, 0.2) is 0 Å². The van der Waals surface area contributed by atoms with Gasteiger partial charge in [-0.15, -0.1) is 11.3 Å². The number of nitrogens with one attached hydrogen (secondary N) is 1. The van der Waals surface area contributed by atoms with E-state index >= 15 is 0 Å². The van der Waals surface area contributed by atoms with E-state index in [1.807, 2.05) is 18.3 Å². The highest BCUT2D eigenvalue weighted by atomic mass is 32.1. The molecule has 1 aromatic carbocycles. The highest BCUT2D eigenvalue weighted by molar-refractivity contribution is 7.10. The van der Waals surface area contributed by atoms with Gasteiger partial charge in [-0.05, 0) is 49.4 Å². The average molecular weight is 303 g/mol. The third-order valence-electron chi connectivity index (χ3n) is 3.61. The first-order chi connectivity index (χ1) is 10.2. The van der Waals surface area contributed by atoms with Crippen molar-refractivity contribution in [3.8, 4) is 5.75 Å². The van der Waals surface area contributed by atoms with E-state index in [0.29, 0.717) is 18.7 Å². The molecule has 3 heteroatoms. The second kappa shape index (κ2) is 8.20. The van der Waals surface area contributed by atoms with E-state index in [1.165, 1.54) is 23.3 Å². The molecule has 0 saturated carbocycles. The molecule has 2 aromatic rings. The van der Waals surface area contributed by atoms with E-state index in [4.69, 9.17) is 4.74 Å². The summed E-state index contributed by atoms with van der Waals surface area (Å²) >= 11 is 1.83. The maximum Gasteiger partial charge on any atom is 0.119 e. The molecule has 2 rings (SSSR count). The molecule has 0 saturated heterocycles. The van der Waals surface area contributed by atoms with E-state index in [0.717, 1.165) is 5.75 Å². The fraction of sp³-hybridized carbons (Fsp3) is 0.444. The van der Waals surface area contributed by atoms with Crippen molar-refractivity contribution in [3.05, 3.63) is 52.2 Å². The summed E-state index contributed by atoms with van der Waals surface area (Å²) < 4.78 is 5.50. The Morgan fingerprint density at radius 1 is 1.14 bits per heavy atom. The van der Waals surface area contributed by atoms with Crippen molar-refractivity contribution < 1.29 is 4.74 Å². The topological polar surface area (TPSA) is 21.3 Å². The minimum absolute atomic E-state index is 0.333. The minimum Gasteiger partial charge on any atom is -0.494 e. The van der Waals surface area contributed by atoms with E-state index in [2.05, 4.69) is 60.9 Å². The second-order valence-electron chi connectivity index (χ2n) is 5.25. The Morgan fingerprint density at radius 3 is 2.48 bits per heavy atom. The maximum absolute atomic E-state index is 5.50. The van der Waals surface area contributed by atoms with Crippen LogP contribution in [0, 0.1) is 0 Å². The smallest absolute Gasteiger partial charge is 0.119 e. The summed E-state index contributed by atoms with van der Waals surface area (Å²) in [5.74, 6) is 0.941. The van der Waals surface area contributed by atoms with Crippen molar-refractivity contribution in [2.75, 3.05) is 6.61 Å². The molecule has 1 N–H and O–H groups in total. The van der Waals surface area contributed by atoms with Gasteiger partial charge in [0.05, 0.1) is 6.61 Å². The molecule has 0 amide bonds. The van der Waals surface area contributed by atoms with Crippen LogP contribution in [0.15, 0.2) is 41.8 Å². The Balaban J connectivity index is 2.02. The molecular formula is C18H25NOS. The predicted octanol–water partition coefficient (Wildman–Crippen LogP) is 5.34. The van der Waals surface area contributed by atoms with Gasteiger partial charge in [0, 0.05) is 17.0 Å². The van der Waals surface area contributed by atoms with Gasteiger partial charge < -0.3 is 10.1 Å². The lowest BCUT2D eigenvalue weighted by Gasteiger charge is -2.23. The van der Waals surface area contributed by atoms with Gasteiger partial charge in [0.2, 0.25) is 0 Å². The standard InChI is InChI=1S/C18H25NOS/c1-4-7-17(18-8-6-13-21-18)19-14(3)15-9-11-16(12-10-15)20-5-2/h6,8-14,17,19H,4-5,7H2,1-3H3. The summed E-state index contributed by atoms with van der Waals surface area (Å²) in [5.41, 5.74) is 1.30. The molecule has 0 aliphatic rings. The summed E-state index contributed by atoms with van der Waals surface area (Å²) in [6.45, 7) is 7.19. The number of thiophene rings is 1. The van der Waals surface area contributed by atoms with Crippen molar-refractivity contribution in [2.24, 2.45) is 0 Å². The highest BCUT2D eigenvalue weighted by Crippen LogP contribution is 2.27. The summed E-state index contributed by atoms with van der Waals surface area (Å²) in [6.07, 6.45) is 2.35. The fourth-order valence-electron chi connectivity index (χ4n) is 2.50. The molecule has 0 spiro atoms. The number of benzene rings is 1. The van der Waals surface area contributed by atoms with Crippen molar-refractivity contribution in [2.45, 2.75) is 45.7 Å². The lowest BCUT2D eigenvalue weighted by atomic mass is 10.0. The van der Waals surface area contributed by atoms with Gasteiger partial charge >= 0.3 is 0 Å². The number of hydrogen-bond acceptors (Lipinski definition) is 3. The zero-order chi connectivity index (χ0) is 15.1.